The first-order valence-electron chi connectivity index (χ1n) is 14.3. The van der Waals surface area contributed by atoms with E-state index in [1.54, 1.807) is 6.33 Å². The van der Waals surface area contributed by atoms with E-state index in [0.29, 0.717) is 12.6 Å². The van der Waals surface area contributed by atoms with Gasteiger partial charge in [-0.2, -0.15) is 0 Å². The molecule has 5 rings (SSSR count). The molecule has 3 aromatic heterocycles. The Morgan fingerprint density at radius 1 is 1.02 bits per heavy atom. The second-order valence-electron chi connectivity index (χ2n) is 9.96. The standard InChI is InChI=1S/C33H37N5O.C2H2/c1-4-6-7-10-23(3)32-33(38-22-37-32)24-12-14-29-26(17-24)18-27(20-36-29)30-15-13-25(19-35-30)31(9-5-2)39-21-28-11-8-16-34-28;1-2/h6-7,9-10,12-15,17-20,22,28,34H,4-5,8,11,16,21H2,1-3H3,(H,37,38);1-2H/b7-6-,23-10+,31-9-;. The lowest BCUT2D eigenvalue weighted by Crippen LogP contribution is -2.26. The van der Waals surface area contributed by atoms with Crippen molar-refractivity contribution < 1.29 is 4.74 Å². The van der Waals surface area contributed by atoms with Crippen LogP contribution in [0.1, 0.15) is 57.7 Å². The second-order valence-corrected chi connectivity index (χ2v) is 9.96. The molecule has 6 heteroatoms. The van der Waals surface area contributed by atoms with Crippen LogP contribution < -0.4 is 5.32 Å². The fourth-order valence-electron chi connectivity index (χ4n) is 4.91. The Morgan fingerprint density at radius 3 is 2.61 bits per heavy atom. The van der Waals surface area contributed by atoms with E-state index in [-0.39, 0.29) is 0 Å². The molecule has 0 bridgehead atoms. The molecule has 1 unspecified atom stereocenters. The smallest absolute Gasteiger partial charge is 0.124 e. The number of fused-ring (bicyclic) bond motifs is 1. The summed E-state index contributed by atoms with van der Waals surface area (Å²) in [5.41, 5.74) is 7.97. The number of nitrogens with zero attached hydrogens (tertiary/aromatic N) is 3. The van der Waals surface area contributed by atoms with Crippen molar-refractivity contribution in [2.75, 3.05) is 13.2 Å². The summed E-state index contributed by atoms with van der Waals surface area (Å²) in [6.45, 7) is 8.11. The van der Waals surface area contributed by atoms with Crippen molar-refractivity contribution >= 4 is 22.2 Å². The van der Waals surface area contributed by atoms with Gasteiger partial charge in [0.15, 0.2) is 0 Å². The summed E-state index contributed by atoms with van der Waals surface area (Å²) in [6.07, 6.45) is 26.3. The van der Waals surface area contributed by atoms with Gasteiger partial charge in [-0.15, -0.1) is 12.8 Å². The summed E-state index contributed by atoms with van der Waals surface area (Å²) in [6, 6.07) is 13.0. The van der Waals surface area contributed by atoms with Crippen LogP contribution in [0, 0.1) is 12.8 Å². The minimum absolute atomic E-state index is 0.432. The van der Waals surface area contributed by atoms with Crippen LogP contribution in [0.2, 0.25) is 0 Å². The van der Waals surface area contributed by atoms with Crippen molar-refractivity contribution in [3.05, 3.63) is 90.7 Å². The van der Waals surface area contributed by atoms with Crippen LogP contribution in [0.15, 0.2) is 79.4 Å². The molecule has 1 saturated heterocycles. The van der Waals surface area contributed by atoms with Crippen LogP contribution in [-0.2, 0) is 4.74 Å². The molecule has 1 aliphatic rings. The van der Waals surface area contributed by atoms with Gasteiger partial charge < -0.3 is 15.0 Å². The highest BCUT2D eigenvalue weighted by Crippen LogP contribution is 2.30. The normalized spacial score (nSPS) is 15.7. The number of hydrogen-bond acceptors (Lipinski definition) is 5. The molecule has 0 saturated carbocycles. The monoisotopic (exact) mass is 545 g/mol. The topological polar surface area (TPSA) is 75.7 Å². The fraction of sp³-hybridized carbons (Fsp3) is 0.286. The molecule has 4 aromatic rings. The molecule has 41 heavy (non-hydrogen) atoms. The number of aromatic nitrogens is 4. The highest BCUT2D eigenvalue weighted by molar-refractivity contribution is 5.88. The quantitative estimate of drug-likeness (QED) is 0.121. The van der Waals surface area contributed by atoms with Crippen molar-refractivity contribution in [1.82, 2.24) is 25.3 Å². The molecular weight excluding hydrogens is 506 g/mol. The summed E-state index contributed by atoms with van der Waals surface area (Å²) in [5, 5.41) is 4.55. The number of imidazole rings is 1. The van der Waals surface area contributed by atoms with Gasteiger partial charge in [0.1, 0.15) is 12.4 Å². The largest absolute Gasteiger partial charge is 0.492 e. The van der Waals surface area contributed by atoms with Gasteiger partial charge in [0.2, 0.25) is 0 Å². The number of ether oxygens (including phenoxy) is 1. The van der Waals surface area contributed by atoms with Crippen LogP contribution >= 0.6 is 0 Å². The molecule has 0 amide bonds. The molecule has 6 nitrogen and oxygen atoms in total. The van der Waals surface area contributed by atoms with E-state index >= 15 is 0 Å². The Hall–Kier alpha value is -4.47. The van der Waals surface area contributed by atoms with Crippen molar-refractivity contribution in [3.63, 3.8) is 0 Å². The van der Waals surface area contributed by atoms with Gasteiger partial charge in [0.05, 0.1) is 28.9 Å². The molecule has 0 aliphatic carbocycles. The minimum atomic E-state index is 0.432. The molecular formula is C35H39N5O. The van der Waals surface area contributed by atoms with Crippen molar-refractivity contribution in [1.29, 1.82) is 0 Å². The predicted octanol–water partition coefficient (Wildman–Crippen LogP) is 7.83. The number of aromatic amines is 1. The molecule has 4 heterocycles. The number of hydrogen-bond donors (Lipinski definition) is 2. The van der Waals surface area contributed by atoms with Gasteiger partial charge in [0, 0.05) is 40.5 Å². The third-order valence-corrected chi connectivity index (χ3v) is 7.04. The molecule has 0 spiro atoms. The molecule has 1 fully saturated rings. The average Bonchev–Trinajstić information content (AvgIpc) is 3.73. The van der Waals surface area contributed by atoms with Gasteiger partial charge in [-0.25, -0.2) is 4.98 Å². The first-order valence-corrected chi connectivity index (χ1v) is 14.3. The maximum atomic E-state index is 6.19. The fourth-order valence-corrected chi connectivity index (χ4v) is 4.91. The van der Waals surface area contributed by atoms with Gasteiger partial charge in [-0.1, -0.05) is 38.1 Å². The minimum Gasteiger partial charge on any atom is -0.492 e. The summed E-state index contributed by atoms with van der Waals surface area (Å²) < 4.78 is 6.19. The Balaban J connectivity index is 0.00000189. The van der Waals surface area contributed by atoms with E-state index in [4.69, 9.17) is 14.7 Å². The highest BCUT2D eigenvalue weighted by atomic mass is 16.5. The molecule has 2 N–H and O–H groups in total. The van der Waals surface area contributed by atoms with Crippen molar-refractivity contribution in [2.24, 2.45) is 0 Å². The summed E-state index contributed by atoms with van der Waals surface area (Å²) in [7, 11) is 0. The first kappa shape index (κ1) is 29.5. The number of pyridine rings is 2. The van der Waals surface area contributed by atoms with Crippen LogP contribution in [0.5, 0.6) is 0 Å². The lowest BCUT2D eigenvalue weighted by Gasteiger charge is -2.15. The number of rotatable bonds is 10. The zero-order valence-corrected chi connectivity index (χ0v) is 24.2. The summed E-state index contributed by atoms with van der Waals surface area (Å²) >= 11 is 0. The number of benzene rings is 1. The Kier molecular flexibility index (Phi) is 10.6. The van der Waals surface area contributed by atoms with Gasteiger partial charge in [0.25, 0.3) is 0 Å². The van der Waals surface area contributed by atoms with Crippen molar-refractivity contribution in [3.8, 4) is 35.4 Å². The van der Waals surface area contributed by atoms with E-state index in [1.165, 1.54) is 12.8 Å². The van der Waals surface area contributed by atoms with Crippen molar-refractivity contribution in [2.45, 2.75) is 52.5 Å². The Morgan fingerprint density at radius 2 is 1.88 bits per heavy atom. The summed E-state index contributed by atoms with van der Waals surface area (Å²) in [4.78, 5) is 17.4. The van der Waals surface area contributed by atoms with Gasteiger partial charge in [-0.05, 0) is 81.1 Å². The van der Waals surface area contributed by atoms with E-state index in [1.807, 2.05) is 18.5 Å². The predicted molar refractivity (Wildman–Crippen MR) is 171 cm³/mol. The van der Waals surface area contributed by atoms with Crippen LogP contribution in [0.4, 0.5) is 0 Å². The molecule has 1 atom stereocenters. The SMILES string of the molecule is C#C.CC/C=C\C=C(/C)c1nc[nH]c1-c1ccc2ncc(-c3ccc(/C(=C/CC)OCC4CCCN4)cn3)cc2c1. The zero-order chi connectivity index (χ0) is 29.0. The summed E-state index contributed by atoms with van der Waals surface area (Å²) in [5.74, 6) is 0.899. The van der Waals surface area contributed by atoms with Crippen LogP contribution in [-0.4, -0.2) is 39.1 Å². The second kappa shape index (κ2) is 14.8. The number of allylic oxidation sites excluding steroid dienone is 5. The van der Waals surface area contributed by atoms with E-state index < -0.39 is 0 Å². The average molecular weight is 546 g/mol. The Labute approximate surface area is 243 Å². The van der Waals surface area contributed by atoms with Gasteiger partial charge in [-0.3, -0.25) is 9.97 Å². The maximum Gasteiger partial charge on any atom is 0.124 e. The molecule has 210 valence electrons. The number of terminal acetylenes is 1. The number of nitrogens with one attached hydrogen (secondary N) is 2. The highest BCUT2D eigenvalue weighted by Gasteiger charge is 2.16. The van der Waals surface area contributed by atoms with Gasteiger partial charge >= 0.3 is 0 Å². The molecule has 1 aliphatic heterocycles. The third-order valence-electron chi connectivity index (χ3n) is 7.04. The van der Waals surface area contributed by atoms with Crippen LogP contribution in [0.3, 0.4) is 0 Å². The lowest BCUT2D eigenvalue weighted by molar-refractivity contribution is 0.241. The van der Waals surface area contributed by atoms with E-state index in [2.05, 4.69) is 104 Å². The maximum absolute atomic E-state index is 6.19. The molecule has 1 aromatic carbocycles. The Bertz CT molecular complexity index is 1540. The lowest BCUT2D eigenvalue weighted by atomic mass is 10.0. The zero-order valence-electron chi connectivity index (χ0n) is 24.2. The molecule has 0 radical (unpaired) electrons. The number of H-pyrrole nitrogens is 1. The van der Waals surface area contributed by atoms with E-state index in [9.17, 15) is 0 Å². The van der Waals surface area contributed by atoms with E-state index in [0.717, 1.165) is 75.4 Å². The van der Waals surface area contributed by atoms with Crippen LogP contribution in [0.25, 0.3) is 44.7 Å². The third kappa shape index (κ3) is 7.39. The first-order chi connectivity index (χ1) is 20.2.